The molecule has 5 heteroatoms. The SMILES string of the molecule is OC1CCc2c(Br)nc(C3CCSCC3)n2C1. The van der Waals surface area contributed by atoms with Crippen LogP contribution in [0.25, 0.3) is 0 Å². The normalized spacial score (nSPS) is 25.9. The third kappa shape index (κ3) is 2.29. The Balaban J connectivity index is 1.93. The van der Waals surface area contributed by atoms with E-state index >= 15 is 0 Å². The molecule has 94 valence electrons. The Kier molecular flexibility index (Phi) is 3.50. The highest BCUT2D eigenvalue weighted by molar-refractivity contribution is 9.10. The molecule has 0 saturated carbocycles. The summed E-state index contributed by atoms with van der Waals surface area (Å²) < 4.78 is 3.26. The fraction of sp³-hybridized carbons (Fsp3) is 0.750. The zero-order valence-corrected chi connectivity index (χ0v) is 12.1. The summed E-state index contributed by atoms with van der Waals surface area (Å²) in [6, 6.07) is 0. The molecule has 1 aromatic rings. The summed E-state index contributed by atoms with van der Waals surface area (Å²) >= 11 is 5.61. The van der Waals surface area contributed by atoms with E-state index in [0.717, 1.165) is 24.0 Å². The molecule has 1 N–H and O–H groups in total. The number of aliphatic hydroxyl groups excluding tert-OH is 1. The number of aliphatic hydroxyl groups is 1. The van der Waals surface area contributed by atoms with E-state index < -0.39 is 0 Å². The molecule has 0 spiro atoms. The van der Waals surface area contributed by atoms with Gasteiger partial charge in [-0.3, -0.25) is 0 Å². The lowest BCUT2D eigenvalue weighted by Gasteiger charge is -2.26. The maximum Gasteiger partial charge on any atom is 0.127 e. The Morgan fingerprint density at radius 2 is 2.06 bits per heavy atom. The number of aromatic nitrogens is 2. The van der Waals surface area contributed by atoms with E-state index in [1.54, 1.807) is 0 Å². The number of halogens is 1. The highest BCUT2D eigenvalue weighted by Gasteiger charge is 2.28. The van der Waals surface area contributed by atoms with Crippen LogP contribution in [0.4, 0.5) is 0 Å². The average Bonchev–Trinajstić information content (AvgIpc) is 2.67. The molecule has 3 rings (SSSR count). The highest BCUT2D eigenvalue weighted by atomic mass is 79.9. The second-order valence-corrected chi connectivity index (χ2v) is 6.87. The molecule has 0 bridgehead atoms. The molecule has 0 radical (unpaired) electrons. The van der Waals surface area contributed by atoms with Gasteiger partial charge in [0, 0.05) is 5.92 Å². The summed E-state index contributed by atoms with van der Waals surface area (Å²) in [6.45, 7) is 0.729. The van der Waals surface area contributed by atoms with Gasteiger partial charge in [0.1, 0.15) is 10.4 Å². The topological polar surface area (TPSA) is 38.1 Å². The molecule has 3 heterocycles. The van der Waals surface area contributed by atoms with Crippen molar-refractivity contribution in [2.75, 3.05) is 11.5 Å². The van der Waals surface area contributed by atoms with Gasteiger partial charge in [-0.2, -0.15) is 11.8 Å². The second-order valence-electron chi connectivity index (χ2n) is 4.90. The fourth-order valence-electron chi connectivity index (χ4n) is 2.79. The molecule has 1 fully saturated rings. The number of hydrogen-bond acceptors (Lipinski definition) is 3. The molecular formula is C12H17BrN2OS. The summed E-state index contributed by atoms with van der Waals surface area (Å²) in [5, 5.41) is 9.82. The Morgan fingerprint density at radius 1 is 1.29 bits per heavy atom. The summed E-state index contributed by atoms with van der Waals surface area (Å²) in [5.41, 5.74) is 1.28. The van der Waals surface area contributed by atoms with Crippen LogP contribution >= 0.6 is 27.7 Å². The van der Waals surface area contributed by atoms with Gasteiger partial charge in [0.25, 0.3) is 0 Å². The molecule has 1 aromatic heterocycles. The van der Waals surface area contributed by atoms with Gasteiger partial charge in [0.05, 0.1) is 18.3 Å². The van der Waals surface area contributed by atoms with Crippen LogP contribution in [0.3, 0.4) is 0 Å². The first-order valence-electron chi connectivity index (χ1n) is 6.26. The Morgan fingerprint density at radius 3 is 2.82 bits per heavy atom. The van der Waals surface area contributed by atoms with Crippen LogP contribution < -0.4 is 0 Å². The maximum atomic E-state index is 9.82. The third-order valence-electron chi connectivity index (χ3n) is 3.75. The maximum absolute atomic E-state index is 9.82. The van der Waals surface area contributed by atoms with Crippen molar-refractivity contribution in [3.05, 3.63) is 16.1 Å². The molecule has 1 unspecified atom stereocenters. The smallest absolute Gasteiger partial charge is 0.127 e. The van der Waals surface area contributed by atoms with Gasteiger partial charge in [-0.1, -0.05) is 0 Å². The summed E-state index contributed by atoms with van der Waals surface area (Å²) in [7, 11) is 0. The summed E-state index contributed by atoms with van der Waals surface area (Å²) in [6.07, 6.45) is 4.06. The predicted molar refractivity (Wildman–Crippen MR) is 73.6 cm³/mol. The molecule has 0 amide bonds. The van der Waals surface area contributed by atoms with Crippen LogP contribution in [0, 0.1) is 0 Å². The lowest BCUT2D eigenvalue weighted by atomic mass is 10.0. The van der Waals surface area contributed by atoms with E-state index in [4.69, 9.17) is 4.98 Å². The monoisotopic (exact) mass is 316 g/mol. The van der Waals surface area contributed by atoms with E-state index in [9.17, 15) is 5.11 Å². The molecule has 3 nitrogen and oxygen atoms in total. The van der Waals surface area contributed by atoms with Gasteiger partial charge >= 0.3 is 0 Å². The first-order chi connectivity index (χ1) is 8.25. The van der Waals surface area contributed by atoms with Crippen molar-refractivity contribution in [3.63, 3.8) is 0 Å². The van der Waals surface area contributed by atoms with E-state index in [2.05, 4.69) is 20.5 Å². The molecule has 0 aromatic carbocycles. The highest BCUT2D eigenvalue weighted by Crippen LogP contribution is 2.35. The van der Waals surface area contributed by atoms with Crippen molar-refractivity contribution < 1.29 is 5.11 Å². The third-order valence-corrected chi connectivity index (χ3v) is 5.43. The quantitative estimate of drug-likeness (QED) is 0.865. The lowest BCUT2D eigenvalue weighted by Crippen LogP contribution is -2.26. The first kappa shape index (κ1) is 12.1. The van der Waals surface area contributed by atoms with E-state index in [-0.39, 0.29) is 6.10 Å². The summed E-state index contributed by atoms with van der Waals surface area (Å²) in [5.74, 6) is 4.28. The van der Waals surface area contributed by atoms with Crippen LogP contribution in [0.2, 0.25) is 0 Å². The lowest BCUT2D eigenvalue weighted by molar-refractivity contribution is 0.129. The van der Waals surface area contributed by atoms with Crippen LogP contribution in [-0.4, -0.2) is 32.3 Å². The number of rotatable bonds is 1. The van der Waals surface area contributed by atoms with Crippen molar-refractivity contribution >= 4 is 27.7 Å². The van der Waals surface area contributed by atoms with Crippen LogP contribution in [-0.2, 0) is 13.0 Å². The van der Waals surface area contributed by atoms with Crippen LogP contribution in [0.5, 0.6) is 0 Å². The van der Waals surface area contributed by atoms with Gasteiger partial charge in [-0.15, -0.1) is 0 Å². The number of fused-ring (bicyclic) bond motifs is 1. The van der Waals surface area contributed by atoms with Gasteiger partial charge in [0.2, 0.25) is 0 Å². The van der Waals surface area contributed by atoms with Crippen molar-refractivity contribution in [1.29, 1.82) is 0 Å². The molecule has 1 atom stereocenters. The Labute approximate surface area is 114 Å². The number of nitrogens with zero attached hydrogens (tertiary/aromatic N) is 2. The van der Waals surface area contributed by atoms with Crippen LogP contribution in [0.1, 0.15) is 36.7 Å². The average molecular weight is 317 g/mol. The predicted octanol–water partition coefficient (Wildman–Crippen LogP) is 2.56. The molecule has 0 aliphatic carbocycles. The minimum atomic E-state index is -0.194. The zero-order chi connectivity index (χ0) is 11.8. The summed E-state index contributed by atoms with van der Waals surface area (Å²) in [4.78, 5) is 4.71. The Bertz CT molecular complexity index is 415. The fourth-order valence-corrected chi connectivity index (χ4v) is 4.49. The van der Waals surface area contributed by atoms with Crippen molar-refractivity contribution in [1.82, 2.24) is 9.55 Å². The molecule has 2 aliphatic heterocycles. The van der Waals surface area contributed by atoms with E-state index in [1.165, 1.54) is 35.9 Å². The van der Waals surface area contributed by atoms with Gasteiger partial charge in [0.15, 0.2) is 0 Å². The van der Waals surface area contributed by atoms with Gasteiger partial charge in [-0.05, 0) is 53.1 Å². The first-order valence-corrected chi connectivity index (χ1v) is 8.21. The Hall–Kier alpha value is -0.000000000000000111. The standard InChI is InChI=1S/C12H17BrN2OS/c13-11-10-2-1-9(16)7-15(10)12(14-11)8-3-5-17-6-4-8/h8-9,16H,1-7H2. The largest absolute Gasteiger partial charge is 0.391 e. The number of imidazole rings is 1. The minimum Gasteiger partial charge on any atom is -0.391 e. The second kappa shape index (κ2) is 4.94. The zero-order valence-electron chi connectivity index (χ0n) is 9.73. The van der Waals surface area contributed by atoms with Gasteiger partial charge in [-0.25, -0.2) is 4.98 Å². The van der Waals surface area contributed by atoms with E-state index in [0.29, 0.717) is 5.92 Å². The molecule has 2 aliphatic rings. The van der Waals surface area contributed by atoms with Crippen molar-refractivity contribution in [2.24, 2.45) is 0 Å². The molecule has 17 heavy (non-hydrogen) atoms. The number of thioether (sulfide) groups is 1. The number of hydrogen-bond donors (Lipinski definition) is 1. The van der Waals surface area contributed by atoms with E-state index in [1.807, 2.05) is 11.8 Å². The van der Waals surface area contributed by atoms with Crippen molar-refractivity contribution in [3.8, 4) is 0 Å². The van der Waals surface area contributed by atoms with Crippen LogP contribution in [0.15, 0.2) is 4.60 Å². The minimum absolute atomic E-state index is 0.194. The molecular weight excluding hydrogens is 300 g/mol. The molecule has 1 saturated heterocycles. The van der Waals surface area contributed by atoms with Gasteiger partial charge < -0.3 is 9.67 Å². The van der Waals surface area contributed by atoms with Crippen molar-refractivity contribution in [2.45, 2.75) is 44.2 Å².